The molecule has 0 fully saturated rings. The average Bonchev–Trinajstić information content (AvgIpc) is 2.74. The molecule has 1 aromatic carbocycles. The minimum Gasteiger partial charge on any atom is -0.490 e. The van der Waals surface area contributed by atoms with Crippen LogP contribution < -0.4 is 15.2 Å². The second kappa shape index (κ2) is 5.94. The van der Waals surface area contributed by atoms with Gasteiger partial charge in [-0.25, -0.2) is 4.98 Å². The van der Waals surface area contributed by atoms with Gasteiger partial charge < -0.3 is 15.2 Å². The third-order valence-corrected chi connectivity index (χ3v) is 3.93. The van der Waals surface area contributed by atoms with Gasteiger partial charge in [0.15, 0.2) is 11.5 Å². The number of hydrogen-bond donors (Lipinski definition) is 1. The van der Waals surface area contributed by atoms with Crippen LogP contribution in [0.25, 0.3) is 0 Å². The number of rotatable bonds is 2. The molecule has 1 aliphatic heterocycles. The van der Waals surface area contributed by atoms with Gasteiger partial charge in [-0.3, -0.25) is 0 Å². The molecule has 6 heteroatoms. The molecular weight excluding hydrogens is 286 g/mol. The summed E-state index contributed by atoms with van der Waals surface area (Å²) >= 11 is 1.40. The topological polar surface area (TPSA) is 81.2 Å². The highest BCUT2D eigenvalue weighted by atomic mass is 32.2. The third-order valence-electron chi connectivity index (χ3n) is 2.93. The number of benzene rings is 1. The van der Waals surface area contributed by atoms with Crippen LogP contribution >= 0.6 is 11.8 Å². The summed E-state index contributed by atoms with van der Waals surface area (Å²) in [6, 6.07) is 9.45. The Labute approximate surface area is 126 Å². The number of hydrogen-bond acceptors (Lipinski definition) is 6. The maximum atomic E-state index is 9.15. The number of pyridine rings is 1. The van der Waals surface area contributed by atoms with Gasteiger partial charge >= 0.3 is 0 Å². The molecule has 0 bridgehead atoms. The lowest BCUT2D eigenvalue weighted by Gasteiger charge is -2.09. The minimum atomic E-state index is 0.465. The molecule has 5 nitrogen and oxygen atoms in total. The summed E-state index contributed by atoms with van der Waals surface area (Å²) in [6.07, 6.45) is 2.42. The number of nitrogens with two attached hydrogens (primary N) is 1. The minimum absolute atomic E-state index is 0.465. The Hall–Kier alpha value is -2.39. The monoisotopic (exact) mass is 299 g/mol. The summed E-state index contributed by atoms with van der Waals surface area (Å²) in [5, 5.41) is 9.77. The standard InChI is InChI=1S/C15H13N3O2S/c16-8-10-6-11(17)9-18-15(10)21-12-2-3-13-14(7-12)20-5-1-4-19-13/h2-3,6-7,9H,1,4-5,17H2. The fraction of sp³-hybridized carbons (Fsp3) is 0.200. The third kappa shape index (κ3) is 3.03. The van der Waals surface area contributed by atoms with Gasteiger partial charge in [0.1, 0.15) is 11.1 Å². The summed E-state index contributed by atoms with van der Waals surface area (Å²) in [6.45, 7) is 1.31. The number of ether oxygens (including phenoxy) is 2. The molecule has 0 atom stereocenters. The molecule has 0 radical (unpaired) electrons. The molecule has 21 heavy (non-hydrogen) atoms. The molecule has 1 aliphatic rings. The second-order valence-corrected chi connectivity index (χ2v) is 5.56. The smallest absolute Gasteiger partial charge is 0.162 e. The largest absolute Gasteiger partial charge is 0.490 e. The molecule has 3 rings (SSSR count). The zero-order chi connectivity index (χ0) is 14.7. The molecule has 1 aromatic heterocycles. The van der Waals surface area contributed by atoms with Crippen LogP contribution in [0.3, 0.4) is 0 Å². The van der Waals surface area contributed by atoms with Crippen LogP contribution in [0.4, 0.5) is 5.69 Å². The molecule has 0 aliphatic carbocycles. The molecule has 106 valence electrons. The SMILES string of the molecule is N#Cc1cc(N)cnc1Sc1ccc2c(c1)OCCCO2. The molecular formula is C15H13N3O2S. The zero-order valence-corrected chi connectivity index (χ0v) is 12.0. The van der Waals surface area contributed by atoms with Crippen LogP contribution in [0.15, 0.2) is 40.4 Å². The van der Waals surface area contributed by atoms with Gasteiger partial charge in [-0.2, -0.15) is 5.26 Å². The van der Waals surface area contributed by atoms with E-state index in [4.69, 9.17) is 20.5 Å². The first-order valence-corrected chi connectivity index (χ1v) is 7.31. The van der Waals surface area contributed by atoms with E-state index < -0.39 is 0 Å². The number of aromatic nitrogens is 1. The molecule has 2 aromatic rings. The van der Waals surface area contributed by atoms with Gasteiger partial charge in [0, 0.05) is 11.3 Å². The predicted octanol–water partition coefficient (Wildman–Crippen LogP) is 2.85. The average molecular weight is 299 g/mol. The maximum Gasteiger partial charge on any atom is 0.162 e. The number of nitriles is 1. The highest BCUT2D eigenvalue weighted by Gasteiger charge is 2.13. The number of fused-ring (bicyclic) bond motifs is 1. The lowest BCUT2D eigenvalue weighted by atomic mass is 10.3. The Balaban J connectivity index is 1.89. The van der Waals surface area contributed by atoms with Crippen molar-refractivity contribution in [2.45, 2.75) is 16.3 Å². The van der Waals surface area contributed by atoms with Gasteiger partial charge in [0.05, 0.1) is 30.7 Å². The summed E-state index contributed by atoms with van der Waals surface area (Å²) in [5.74, 6) is 1.48. The van der Waals surface area contributed by atoms with Gasteiger partial charge in [-0.1, -0.05) is 11.8 Å². The maximum absolute atomic E-state index is 9.15. The number of anilines is 1. The fourth-order valence-corrected chi connectivity index (χ4v) is 2.79. The molecule has 0 unspecified atom stereocenters. The van der Waals surface area contributed by atoms with E-state index in [9.17, 15) is 0 Å². The van der Waals surface area contributed by atoms with Crippen molar-refractivity contribution in [1.82, 2.24) is 4.98 Å². The Kier molecular flexibility index (Phi) is 3.84. The van der Waals surface area contributed by atoms with E-state index in [-0.39, 0.29) is 0 Å². The van der Waals surface area contributed by atoms with Crippen LogP contribution in [0.2, 0.25) is 0 Å². The summed E-state index contributed by atoms with van der Waals surface area (Å²) in [7, 11) is 0. The molecule has 0 amide bonds. The van der Waals surface area contributed by atoms with Crippen LogP contribution in [0.1, 0.15) is 12.0 Å². The molecule has 0 saturated heterocycles. The van der Waals surface area contributed by atoms with Crippen molar-refractivity contribution >= 4 is 17.4 Å². The predicted molar refractivity (Wildman–Crippen MR) is 79.5 cm³/mol. The fourth-order valence-electron chi connectivity index (χ4n) is 1.95. The first kappa shape index (κ1) is 13.6. The number of nitrogen functional groups attached to an aromatic ring is 1. The Morgan fingerprint density at radius 2 is 2.00 bits per heavy atom. The van der Waals surface area contributed by atoms with Crippen molar-refractivity contribution in [2.24, 2.45) is 0 Å². The summed E-state index contributed by atoms with van der Waals surface area (Å²) < 4.78 is 11.3. The van der Waals surface area contributed by atoms with E-state index in [1.807, 2.05) is 18.2 Å². The summed E-state index contributed by atoms with van der Waals surface area (Å²) in [5.41, 5.74) is 6.59. The lowest BCUT2D eigenvalue weighted by molar-refractivity contribution is 0.297. The van der Waals surface area contributed by atoms with Crippen molar-refractivity contribution in [3.05, 3.63) is 36.0 Å². The highest BCUT2D eigenvalue weighted by molar-refractivity contribution is 7.99. The van der Waals surface area contributed by atoms with E-state index in [0.717, 1.165) is 22.8 Å². The first-order valence-electron chi connectivity index (χ1n) is 6.49. The van der Waals surface area contributed by atoms with Crippen LogP contribution in [-0.2, 0) is 0 Å². The molecule has 0 spiro atoms. The van der Waals surface area contributed by atoms with Crippen LogP contribution in [0.5, 0.6) is 11.5 Å². The molecule has 2 N–H and O–H groups in total. The van der Waals surface area contributed by atoms with E-state index in [1.165, 1.54) is 11.8 Å². The first-order chi connectivity index (χ1) is 10.3. The van der Waals surface area contributed by atoms with E-state index in [1.54, 1.807) is 12.3 Å². The zero-order valence-electron chi connectivity index (χ0n) is 11.2. The van der Waals surface area contributed by atoms with E-state index in [2.05, 4.69) is 11.1 Å². The van der Waals surface area contributed by atoms with E-state index >= 15 is 0 Å². The quantitative estimate of drug-likeness (QED) is 0.918. The van der Waals surface area contributed by atoms with Crippen LogP contribution in [0, 0.1) is 11.3 Å². The van der Waals surface area contributed by atoms with E-state index in [0.29, 0.717) is 29.5 Å². The number of nitrogens with zero attached hydrogens (tertiary/aromatic N) is 2. The Bertz CT molecular complexity index is 713. The van der Waals surface area contributed by atoms with Crippen molar-refractivity contribution in [3.63, 3.8) is 0 Å². The summed E-state index contributed by atoms with van der Waals surface area (Å²) in [4.78, 5) is 5.16. The van der Waals surface area contributed by atoms with Crippen molar-refractivity contribution in [3.8, 4) is 17.6 Å². The highest BCUT2D eigenvalue weighted by Crippen LogP contribution is 2.37. The molecule has 0 saturated carbocycles. The van der Waals surface area contributed by atoms with Gasteiger partial charge in [0.25, 0.3) is 0 Å². The Morgan fingerprint density at radius 3 is 2.81 bits per heavy atom. The van der Waals surface area contributed by atoms with Gasteiger partial charge in [-0.15, -0.1) is 0 Å². The van der Waals surface area contributed by atoms with Crippen molar-refractivity contribution in [1.29, 1.82) is 5.26 Å². The van der Waals surface area contributed by atoms with Crippen molar-refractivity contribution < 1.29 is 9.47 Å². The van der Waals surface area contributed by atoms with Gasteiger partial charge in [0.2, 0.25) is 0 Å². The normalized spacial score (nSPS) is 13.3. The second-order valence-electron chi connectivity index (χ2n) is 4.49. The van der Waals surface area contributed by atoms with Crippen molar-refractivity contribution in [2.75, 3.05) is 18.9 Å². The lowest BCUT2D eigenvalue weighted by Crippen LogP contribution is -1.97. The van der Waals surface area contributed by atoms with Crippen LogP contribution in [-0.4, -0.2) is 18.2 Å². The molecule has 2 heterocycles. The van der Waals surface area contributed by atoms with Gasteiger partial charge in [-0.05, 0) is 24.3 Å². The Morgan fingerprint density at radius 1 is 1.19 bits per heavy atom.